The van der Waals surface area contributed by atoms with E-state index in [2.05, 4.69) is 15.5 Å². The Morgan fingerprint density at radius 1 is 1.14 bits per heavy atom. The van der Waals surface area contributed by atoms with Crippen LogP contribution in [-0.4, -0.2) is 34.7 Å². The third-order valence-corrected chi connectivity index (χ3v) is 3.16. The van der Waals surface area contributed by atoms with Crippen molar-refractivity contribution < 1.29 is 14.3 Å². The van der Waals surface area contributed by atoms with Crippen molar-refractivity contribution in [2.24, 2.45) is 0 Å². The summed E-state index contributed by atoms with van der Waals surface area (Å²) < 4.78 is 12.1. The van der Waals surface area contributed by atoms with E-state index < -0.39 is 0 Å². The Labute approximate surface area is 126 Å². The van der Waals surface area contributed by atoms with E-state index in [1.165, 1.54) is 14.2 Å². The number of hydrogen-bond donors (Lipinski definition) is 1. The molecule has 0 aliphatic rings. The number of hydrogen-bond acceptors (Lipinski definition) is 5. The molecule has 1 aromatic carbocycles. The zero-order valence-corrected chi connectivity index (χ0v) is 12.1. The molecule has 0 saturated heterocycles. The van der Waals surface area contributed by atoms with E-state index in [9.17, 15) is 4.79 Å². The van der Waals surface area contributed by atoms with Gasteiger partial charge in [-0.05, 0) is 24.3 Å². The molecule has 0 saturated carbocycles. The van der Waals surface area contributed by atoms with Crippen LogP contribution in [0.4, 0.5) is 5.69 Å². The minimum Gasteiger partial charge on any atom is -0.497 e. The smallest absolute Gasteiger partial charge is 0.255 e. The van der Waals surface area contributed by atoms with Crippen molar-refractivity contribution in [2.75, 3.05) is 19.5 Å². The molecule has 7 nitrogen and oxygen atoms in total. The van der Waals surface area contributed by atoms with Crippen LogP contribution in [0.15, 0.2) is 42.9 Å². The Kier molecular flexibility index (Phi) is 3.61. The summed E-state index contributed by atoms with van der Waals surface area (Å²) in [6.07, 6.45) is 3.31. The van der Waals surface area contributed by atoms with Crippen LogP contribution in [0.25, 0.3) is 5.65 Å². The fourth-order valence-corrected chi connectivity index (χ4v) is 2.04. The zero-order chi connectivity index (χ0) is 15.5. The Bertz CT molecular complexity index is 806. The highest BCUT2D eigenvalue weighted by Crippen LogP contribution is 2.23. The van der Waals surface area contributed by atoms with Gasteiger partial charge in [-0.15, -0.1) is 10.2 Å². The number of pyridine rings is 1. The summed E-state index contributed by atoms with van der Waals surface area (Å²) in [4.78, 5) is 12.4. The molecule has 0 aliphatic heterocycles. The van der Waals surface area contributed by atoms with Crippen LogP contribution in [0, 0.1) is 0 Å². The van der Waals surface area contributed by atoms with Crippen molar-refractivity contribution in [3.8, 4) is 11.5 Å². The van der Waals surface area contributed by atoms with Crippen molar-refractivity contribution in [1.29, 1.82) is 0 Å². The number of carbonyl (C=O) groups is 1. The second-order valence-electron chi connectivity index (χ2n) is 4.57. The summed E-state index contributed by atoms with van der Waals surface area (Å²) in [5.41, 5.74) is 1.79. The summed E-state index contributed by atoms with van der Waals surface area (Å²) in [6, 6.07) is 8.54. The molecule has 0 spiro atoms. The molecule has 1 N–H and O–H groups in total. The number of fused-ring (bicyclic) bond motifs is 1. The van der Waals surface area contributed by atoms with Crippen LogP contribution in [0.5, 0.6) is 11.5 Å². The van der Waals surface area contributed by atoms with Crippen LogP contribution < -0.4 is 14.8 Å². The molecule has 1 amide bonds. The number of aromatic nitrogens is 3. The lowest BCUT2D eigenvalue weighted by Gasteiger charge is -2.09. The van der Waals surface area contributed by atoms with Gasteiger partial charge in [-0.2, -0.15) is 0 Å². The SMILES string of the molecule is COc1cc(OC)cc(C(=O)Nc2ccc3nncn3c2)c1. The molecule has 2 aromatic heterocycles. The van der Waals surface area contributed by atoms with Crippen molar-refractivity contribution >= 4 is 17.2 Å². The highest BCUT2D eigenvalue weighted by atomic mass is 16.5. The molecule has 0 unspecified atom stereocenters. The molecule has 3 aromatic rings. The number of nitrogens with one attached hydrogen (secondary N) is 1. The van der Waals surface area contributed by atoms with Gasteiger partial charge in [0.05, 0.1) is 19.9 Å². The first kappa shape index (κ1) is 13.9. The van der Waals surface area contributed by atoms with Gasteiger partial charge in [-0.1, -0.05) is 0 Å². The number of carbonyl (C=O) groups excluding carboxylic acids is 1. The van der Waals surface area contributed by atoms with E-state index in [0.29, 0.717) is 28.4 Å². The van der Waals surface area contributed by atoms with Gasteiger partial charge in [0.15, 0.2) is 5.65 Å². The number of amides is 1. The topological polar surface area (TPSA) is 77.8 Å². The lowest BCUT2D eigenvalue weighted by Crippen LogP contribution is -2.12. The van der Waals surface area contributed by atoms with Gasteiger partial charge in [-0.25, -0.2) is 0 Å². The second-order valence-corrected chi connectivity index (χ2v) is 4.57. The van der Waals surface area contributed by atoms with E-state index in [-0.39, 0.29) is 5.91 Å². The minimum absolute atomic E-state index is 0.260. The van der Waals surface area contributed by atoms with Gasteiger partial charge < -0.3 is 14.8 Å². The molecule has 7 heteroatoms. The molecule has 0 aliphatic carbocycles. The molecule has 112 valence electrons. The number of anilines is 1. The van der Waals surface area contributed by atoms with E-state index >= 15 is 0 Å². The molecular weight excluding hydrogens is 284 g/mol. The van der Waals surface area contributed by atoms with Crippen molar-refractivity contribution in [3.63, 3.8) is 0 Å². The van der Waals surface area contributed by atoms with Crippen molar-refractivity contribution in [3.05, 3.63) is 48.4 Å². The average Bonchev–Trinajstić information content (AvgIpc) is 3.01. The maximum atomic E-state index is 12.4. The first-order chi connectivity index (χ1) is 10.7. The molecule has 3 rings (SSSR count). The Hall–Kier alpha value is -3.09. The Morgan fingerprint density at radius 3 is 2.55 bits per heavy atom. The first-order valence-electron chi connectivity index (χ1n) is 6.53. The predicted molar refractivity (Wildman–Crippen MR) is 80.5 cm³/mol. The number of methoxy groups -OCH3 is 2. The maximum absolute atomic E-state index is 12.4. The van der Waals surface area contributed by atoms with Crippen LogP contribution in [0.3, 0.4) is 0 Å². The molecule has 22 heavy (non-hydrogen) atoms. The number of rotatable bonds is 4. The van der Waals surface area contributed by atoms with Gasteiger partial charge >= 0.3 is 0 Å². The lowest BCUT2D eigenvalue weighted by atomic mass is 10.2. The fourth-order valence-electron chi connectivity index (χ4n) is 2.04. The molecule has 0 atom stereocenters. The minimum atomic E-state index is -0.260. The molecule has 0 bridgehead atoms. The largest absolute Gasteiger partial charge is 0.497 e. The third-order valence-electron chi connectivity index (χ3n) is 3.16. The quantitative estimate of drug-likeness (QED) is 0.797. The van der Waals surface area contributed by atoms with Crippen LogP contribution >= 0.6 is 0 Å². The van der Waals surface area contributed by atoms with Gasteiger partial charge in [0.25, 0.3) is 5.91 Å². The summed E-state index contributed by atoms with van der Waals surface area (Å²) in [5.74, 6) is 0.849. The van der Waals surface area contributed by atoms with Crippen LogP contribution in [0.1, 0.15) is 10.4 Å². The van der Waals surface area contributed by atoms with E-state index in [1.54, 1.807) is 47.3 Å². The van der Waals surface area contributed by atoms with Gasteiger partial charge in [-0.3, -0.25) is 9.20 Å². The monoisotopic (exact) mass is 298 g/mol. The summed E-state index contributed by atoms with van der Waals surface area (Å²) in [6.45, 7) is 0. The van der Waals surface area contributed by atoms with E-state index in [0.717, 1.165) is 0 Å². The second kappa shape index (κ2) is 5.72. The predicted octanol–water partition coefficient (Wildman–Crippen LogP) is 2.00. The highest BCUT2D eigenvalue weighted by Gasteiger charge is 2.10. The van der Waals surface area contributed by atoms with Crippen molar-refractivity contribution in [1.82, 2.24) is 14.6 Å². The van der Waals surface area contributed by atoms with E-state index in [1.807, 2.05) is 0 Å². The average molecular weight is 298 g/mol. The van der Waals surface area contributed by atoms with Crippen molar-refractivity contribution in [2.45, 2.75) is 0 Å². The Balaban J connectivity index is 1.87. The number of nitrogens with zero attached hydrogens (tertiary/aromatic N) is 3. The highest BCUT2D eigenvalue weighted by molar-refractivity contribution is 6.04. The van der Waals surface area contributed by atoms with Gasteiger partial charge in [0.2, 0.25) is 0 Å². The molecular formula is C15H14N4O3. The number of benzene rings is 1. The normalized spacial score (nSPS) is 10.5. The summed E-state index contributed by atoms with van der Waals surface area (Å²) in [5, 5.41) is 10.5. The Morgan fingerprint density at radius 2 is 1.86 bits per heavy atom. The summed E-state index contributed by atoms with van der Waals surface area (Å²) >= 11 is 0. The number of ether oxygens (including phenoxy) is 2. The molecule has 0 radical (unpaired) electrons. The van der Waals surface area contributed by atoms with Crippen LogP contribution in [-0.2, 0) is 0 Å². The van der Waals surface area contributed by atoms with E-state index in [4.69, 9.17) is 9.47 Å². The molecule has 2 heterocycles. The zero-order valence-electron chi connectivity index (χ0n) is 12.1. The fraction of sp³-hybridized carbons (Fsp3) is 0.133. The summed E-state index contributed by atoms with van der Waals surface area (Å²) in [7, 11) is 3.08. The van der Waals surface area contributed by atoms with Gasteiger partial charge in [0.1, 0.15) is 17.8 Å². The van der Waals surface area contributed by atoms with Crippen LogP contribution in [0.2, 0.25) is 0 Å². The lowest BCUT2D eigenvalue weighted by molar-refractivity contribution is 0.102. The molecule has 0 fully saturated rings. The third kappa shape index (κ3) is 2.69. The van der Waals surface area contributed by atoms with Gasteiger partial charge in [0, 0.05) is 17.8 Å². The standard InChI is InChI=1S/C15H14N4O3/c1-21-12-5-10(6-13(7-12)22-2)15(20)17-11-3-4-14-18-16-9-19(14)8-11/h3-9H,1-2H3,(H,17,20). The first-order valence-corrected chi connectivity index (χ1v) is 6.53. The maximum Gasteiger partial charge on any atom is 0.255 e.